The zero-order chi connectivity index (χ0) is 19.7. The van der Waals surface area contributed by atoms with E-state index in [0.717, 1.165) is 34.1 Å². The van der Waals surface area contributed by atoms with Crippen LogP contribution in [0.2, 0.25) is 0 Å². The molecule has 1 atom stereocenters. The summed E-state index contributed by atoms with van der Waals surface area (Å²) in [5, 5.41) is 12.6. The van der Waals surface area contributed by atoms with E-state index in [-0.39, 0.29) is 11.2 Å². The van der Waals surface area contributed by atoms with Crippen molar-refractivity contribution in [2.45, 2.75) is 64.4 Å². The maximum atomic E-state index is 13.9. The first-order chi connectivity index (χ1) is 12.8. The number of fused-ring (bicyclic) bond motifs is 1. The number of H-pyrrole nitrogens is 1. The predicted octanol–water partition coefficient (Wildman–Crippen LogP) is 5.92. The maximum Gasteiger partial charge on any atom is 0.123 e. The van der Waals surface area contributed by atoms with Gasteiger partial charge in [0.2, 0.25) is 0 Å². The number of aromatic amines is 1. The molecule has 2 aromatic carbocycles. The zero-order valence-electron chi connectivity index (χ0n) is 16.8. The van der Waals surface area contributed by atoms with Gasteiger partial charge in [-0.2, -0.15) is 0 Å². The molecule has 2 N–H and O–H groups in total. The van der Waals surface area contributed by atoms with E-state index in [1.807, 2.05) is 31.2 Å². The molecule has 0 aliphatic carbocycles. The number of para-hydroxylation sites is 1. The molecular formula is C24H30FNO. The van der Waals surface area contributed by atoms with Crippen LogP contribution >= 0.6 is 0 Å². The van der Waals surface area contributed by atoms with Crippen molar-refractivity contribution in [3.05, 3.63) is 71.2 Å². The number of halogens is 1. The summed E-state index contributed by atoms with van der Waals surface area (Å²) in [5.74, 6) is -0.217. The van der Waals surface area contributed by atoms with Crippen LogP contribution in [0.1, 0.15) is 57.4 Å². The second kappa shape index (κ2) is 7.47. The van der Waals surface area contributed by atoms with Gasteiger partial charge < -0.3 is 10.1 Å². The Bertz CT molecular complexity index is 894. The van der Waals surface area contributed by atoms with Gasteiger partial charge in [-0.15, -0.1) is 0 Å². The highest BCUT2D eigenvalue weighted by Gasteiger charge is 2.36. The van der Waals surface area contributed by atoms with Crippen molar-refractivity contribution in [1.29, 1.82) is 0 Å². The molecule has 3 heteroatoms. The van der Waals surface area contributed by atoms with Crippen molar-refractivity contribution in [3.8, 4) is 0 Å². The first kappa shape index (κ1) is 19.6. The van der Waals surface area contributed by atoms with E-state index in [1.165, 1.54) is 6.07 Å². The van der Waals surface area contributed by atoms with Crippen LogP contribution < -0.4 is 0 Å². The summed E-state index contributed by atoms with van der Waals surface area (Å²) >= 11 is 0. The number of aryl methyl sites for hydroxylation is 1. The normalized spacial score (nSPS) is 14.4. The molecule has 1 unspecified atom stereocenters. The van der Waals surface area contributed by atoms with Gasteiger partial charge >= 0.3 is 0 Å². The van der Waals surface area contributed by atoms with Gasteiger partial charge in [-0.25, -0.2) is 4.39 Å². The number of hydrogen-bond acceptors (Lipinski definition) is 1. The predicted molar refractivity (Wildman–Crippen MR) is 111 cm³/mol. The van der Waals surface area contributed by atoms with E-state index in [4.69, 9.17) is 0 Å². The third-order valence-corrected chi connectivity index (χ3v) is 5.72. The molecule has 2 nitrogen and oxygen atoms in total. The fourth-order valence-electron chi connectivity index (χ4n) is 4.30. The van der Waals surface area contributed by atoms with Gasteiger partial charge in [0.1, 0.15) is 5.82 Å². The lowest BCUT2D eigenvalue weighted by molar-refractivity contribution is 0.00871. The molecule has 1 heterocycles. The van der Waals surface area contributed by atoms with Crippen molar-refractivity contribution in [3.63, 3.8) is 0 Å². The molecule has 0 aliphatic rings. The number of nitrogens with one attached hydrogen (secondary N) is 1. The molecule has 0 bridgehead atoms. The average molecular weight is 368 g/mol. The van der Waals surface area contributed by atoms with Crippen molar-refractivity contribution in [2.75, 3.05) is 0 Å². The maximum absolute atomic E-state index is 13.9. The molecule has 0 aliphatic heterocycles. The Morgan fingerprint density at radius 3 is 2.44 bits per heavy atom. The molecule has 0 saturated carbocycles. The SMILES string of the molecule is CCc1ccc(F)cc1C(C)(C)CC(O)(CC)Cc1cc2ccccc2[nH]1. The van der Waals surface area contributed by atoms with Crippen LogP contribution in [-0.2, 0) is 18.3 Å². The van der Waals surface area contributed by atoms with Gasteiger partial charge in [-0.05, 0) is 65.5 Å². The van der Waals surface area contributed by atoms with E-state index >= 15 is 0 Å². The van der Waals surface area contributed by atoms with Crippen LogP contribution in [-0.4, -0.2) is 15.7 Å². The molecule has 0 amide bonds. The smallest absolute Gasteiger partial charge is 0.123 e. The van der Waals surface area contributed by atoms with Crippen molar-refractivity contribution < 1.29 is 9.50 Å². The average Bonchev–Trinajstić information content (AvgIpc) is 3.03. The fourth-order valence-corrected chi connectivity index (χ4v) is 4.30. The highest BCUT2D eigenvalue weighted by molar-refractivity contribution is 5.80. The monoisotopic (exact) mass is 367 g/mol. The van der Waals surface area contributed by atoms with E-state index < -0.39 is 5.60 Å². The Labute approximate surface area is 161 Å². The van der Waals surface area contributed by atoms with Gasteiger partial charge in [0.15, 0.2) is 0 Å². The summed E-state index contributed by atoms with van der Waals surface area (Å²) in [5.41, 5.74) is 3.07. The Morgan fingerprint density at radius 1 is 1.04 bits per heavy atom. The Morgan fingerprint density at radius 2 is 1.78 bits per heavy atom. The second-order valence-electron chi connectivity index (χ2n) is 8.35. The summed E-state index contributed by atoms with van der Waals surface area (Å²) in [6.07, 6.45) is 2.62. The number of aromatic nitrogens is 1. The number of rotatable bonds is 7. The molecule has 0 saturated heterocycles. The van der Waals surface area contributed by atoms with E-state index in [9.17, 15) is 9.50 Å². The molecule has 0 fully saturated rings. The molecule has 27 heavy (non-hydrogen) atoms. The largest absolute Gasteiger partial charge is 0.389 e. The summed E-state index contributed by atoms with van der Waals surface area (Å²) in [6, 6.07) is 15.3. The number of benzene rings is 2. The topological polar surface area (TPSA) is 36.0 Å². The fraction of sp³-hybridized carbons (Fsp3) is 0.417. The van der Waals surface area contributed by atoms with Crippen LogP contribution in [0.15, 0.2) is 48.5 Å². The minimum absolute atomic E-state index is 0.217. The Hall–Kier alpha value is -2.13. The van der Waals surface area contributed by atoms with Crippen LogP contribution in [0.25, 0.3) is 10.9 Å². The number of aliphatic hydroxyl groups is 1. The number of hydrogen-bond donors (Lipinski definition) is 2. The summed E-state index contributed by atoms with van der Waals surface area (Å²) in [6.45, 7) is 8.31. The van der Waals surface area contributed by atoms with Crippen LogP contribution in [0.4, 0.5) is 4.39 Å². The standard InChI is InChI=1S/C24H30FNO/c1-5-17-11-12-19(25)14-21(17)23(3,4)16-24(27,6-2)15-20-13-18-9-7-8-10-22(18)26-20/h7-14,26-27H,5-6,15-16H2,1-4H3. The molecule has 1 aromatic heterocycles. The third-order valence-electron chi connectivity index (χ3n) is 5.72. The minimum atomic E-state index is -0.859. The molecule has 3 rings (SSSR count). The zero-order valence-corrected chi connectivity index (χ0v) is 16.8. The molecule has 3 aromatic rings. The van der Waals surface area contributed by atoms with Crippen molar-refractivity contribution in [1.82, 2.24) is 4.98 Å². The van der Waals surface area contributed by atoms with Crippen molar-refractivity contribution >= 4 is 10.9 Å². The van der Waals surface area contributed by atoms with Crippen LogP contribution in [0, 0.1) is 5.82 Å². The van der Waals surface area contributed by atoms with E-state index in [0.29, 0.717) is 19.3 Å². The molecule has 0 radical (unpaired) electrons. The first-order valence-corrected chi connectivity index (χ1v) is 9.84. The Kier molecular flexibility index (Phi) is 5.43. The minimum Gasteiger partial charge on any atom is -0.389 e. The summed E-state index contributed by atoms with van der Waals surface area (Å²) in [4.78, 5) is 3.42. The van der Waals surface area contributed by atoms with Crippen LogP contribution in [0.5, 0.6) is 0 Å². The lowest BCUT2D eigenvalue weighted by Crippen LogP contribution is -2.38. The quantitative estimate of drug-likeness (QED) is 0.534. The first-order valence-electron chi connectivity index (χ1n) is 9.84. The lowest BCUT2D eigenvalue weighted by Gasteiger charge is -2.37. The van der Waals surface area contributed by atoms with Crippen LogP contribution in [0.3, 0.4) is 0 Å². The van der Waals surface area contributed by atoms with Gasteiger partial charge in [0.05, 0.1) is 5.60 Å². The van der Waals surface area contributed by atoms with Gasteiger partial charge in [-0.1, -0.05) is 52.0 Å². The highest BCUT2D eigenvalue weighted by Crippen LogP contribution is 2.38. The molecular weight excluding hydrogens is 337 g/mol. The molecule has 0 spiro atoms. The van der Waals surface area contributed by atoms with E-state index in [1.54, 1.807) is 6.07 Å². The van der Waals surface area contributed by atoms with Gasteiger partial charge in [-0.3, -0.25) is 0 Å². The third kappa shape index (κ3) is 4.24. The summed E-state index contributed by atoms with van der Waals surface area (Å²) < 4.78 is 13.9. The van der Waals surface area contributed by atoms with Gasteiger partial charge in [0, 0.05) is 17.6 Å². The summed E-state index contributed by atoms with van der Waals surface area (Å²) in [7, 11) is 0. The van der Waals surface area contributed by atoms with E-state index in [2.05, 4.69) is 37.9 Å². The van der Waals surface area contributed by atoms with Crippen molar-refractivity contribution in [2.24, 2.45) is 0 Å². The molecule has 144 valence electrons. The highest BCUT2D eigenvalue weighted by atomic mass is 19.1. The lowest BCUT2D eigenvalue weighted by atomic mass is 9.71. The second-order valence-corrected chi connectivity index (χ2v) is 8.35. The Balaban J connectivity index is 1.88. The van der Waals surface area contributed by atoms with Gasteiger partial charge in [0.25, 0.3) is 0 Å².